The Morgan fingerprint density at radius 1 is 1.25 bits per heavy atom. The molecule has 0 spiro atoms. The number of nitrogens with one attached hydrogen (secondary N) is 2. The maximum Gasteiger partial charge on any atom is 0.315 e. The van der Waals surface area contributed by atoms with E-state index in [0.29, 0.717) is 31.0 Å². The molecule has 0 fully saturated rings. The number of aryl methyl sites for hydroxylation is 1. The number of aromatic nitrogens is 3. The van der Waals surface area contributed by atoms with Crippen LogP contribution in [0.4, 0.5) is 6.01 Å². The van der Waals surface area contributed by atoms with E-state index < -0.39 is 0 Å². The van der Waals surface area contributed by atoms with Crippen molar-refractivity contribution in [1.82, 2.24) is 20.5 Å². The molecule has 2 N–H and O–H groups in total. The van der Waals surface area contributed by atoms with Crippen LogP contribution in [-0.2, 0) is 19.5 Å². The van der Waals surface area contributed by atoms with Gasteiger partial charge in [-0.15, -0.1) is 5.10 Å². The Kier molecular flexibility index (Phi) is 5.06. The maximum atomic E-state index is 5.51. The highest BCUT2D eigenvalue weighted by atomic mass is 16.4. The zero-order valence-electron chi connectivity index (χ0n) is 12.2. The summed E-state index contributed by atoms with van der Waals surface area (Å²) in [6, 6.07) is 4.85. The average Bonchev–Trinajstić information content (AvgIpc) is 2.91. The van der Waals surface area contributed by atoms with Gasteiger partial charge in [-0.2, -0.15) is 0 Å². The lowest BCUT2D eigenvalue weighted by atomic mass is 10.1. The van der Waals surface area contributed by atoms with Crippen LogP contribution in [0, 0.1) is 0 Å². The number of hydrogen-bond acceptors (Lipinski definition) is 6. The first-order valence-corrected chi connectivity index (χ1v) is 6.91. The molecular formula is C14H21N5O. The van der Waals surface area contributed by atoms with E-state index in [1.54, 1.807) is 6.20 Å². The molecule has 0 bridgehead atoms. The Morgan fingerprint density at radius 2 is 2.10 bits per heavy atom. The molecule has 0 saturated heterocycles. The fourth-order valence-electron chi connectivity index (χ4n) is 1.80. The monoisotopic (exact) mass is 275 g/mol. The molecule has 0 saturated carbocycles. The summed E-state index contributed by atoms with van der Waals surface area (Å²) in [6.45, 7) is 7.42. The number of pyridine rings is 1. The van der Waals surface area contributed by atoms with E-state index in [9.17, 15) is 0 Å². The summed E-state index contributed by atoms with van der Waals surface area (Å²) in [6.07, 6.45) is 2.75. The van der Waals surface area contributed by atoms with Gasteiger partial charge in [0.15, 0.2) is 0 Å². The lowest BCUT2D eigenvalue weighted by Gasteiger charge is -2.06. The van der Waals surface area contributed by atoms with Crippen molar-refractivity contribution in [2.75, 3.05) is 5.32 Å². The summed E-state index contributed by atoms with van der Waals surface area (Å²) < 4.78 is 5.51. The highest BCUT2D eigenvalue weighted by Crippen LogP contribution is 2.10. The predicted octanol–water partition coefficient (Wildman–Crippen LogP) is 2.14. The molecule has 6 nitrogen and oxygen atoms in total. The third kappa shape index (κ3) is 4.03. The first kappa shape index (κ1) is 14.5. The molecule has 0 atom stereocenters. The number of anilines is 1. The van der Waals surface area contributed by atoms with E-state index in [1.807, 2.05) is 6.07 Å². The van der Waals surface area contributed by atoms with Crippen molar-refractivity contribution in [3.63, 3.8) is 0 Å². The van der Waals surface area contributed by atoms with Crippen molar-refractivity contribution in [3.8, 4) is 0 Å². The highest BCUT2D eigenvalue weighted by molar-refractivity contribution is 5.25. The lowest BCUT2D eigenvalue weighted by Crippen LogP contribution is -2.21. The van der Waals surface area contributed by atoms with E-state index in [0.717, 1.165) is 12.1 Å². The van der Waals surface area contributed by atoms with Gasteiger partial charge in [-0.1, -0.05) is 31.9 Å². The van der Waals surface area contributed by atoms with E-state index in [1.165, 1.54) is 5.56 Å². The van der Waals surface area contributed by atoms with Gasteiger partial charge in [0.25, 0.3) is 0 Å². The van der Waals surface area contributed by atoms with Crippen molar-refractivity contribution in [1.29, 1.82) is 0 Å². The third-order valence-electron chi connectivity index (χ3n) is 2.90. The molecule has 0 aliphatic carbocycles. The van der Waals surface area contributed by atoms with Crippen LogP contribution in [0.2, 0.25) is 0 Å². The van der Waals surface area contributed by atoms with Gasteiger partial charge >= 0.3 is 6.01 Å². The molecule has 2 aromatic heterocycles. The quantitative estimate of drug-likeness (QED) is 0.806. The minimum atomic E-state index is 0.388. The second-order valence-corrected chi connectivity index (χ2v) is 4.85. The first-order valence-electron chi connectivity index (χ1n) is 6.91. The van der Waals surface area contributed by atoms with Crippen molar-refractivity contribution in [2.24, 2.45) is 0 Å². The molecule has 0 radical (unpaired) electrons. The standard InChI is InChI=1S/C14H21N5O/c1-4-11-6-5-7-15-12(11)8-17-14-19-18-13(20-14)9-16-10(2)3/h5-7,10,16H,4,8-9H2,1-3H3,(H,17,19). The van der Waals surface area contributed by atoms with Gasteiger partial charge in [0.2, 0.25) is 5.89 Å². The van der Waals surface area contributed by atoms with Gasteiger partial charge in [0.05, 0.1) is 18.8 Å². The van der Waals surface area contributed by atoms with Gasteiger partial charge in [-0.3, -0.25) is 4.98 Å². The van der Waals surface area contributed by atoms with Gasteiger partial charge in [0, 0.05) is 12.2 Å². The molecular weight excluding hydrogens is 254 g/mol. The molecule has 20 heavy (non-hydrogen) atoms. The first-order chi connectivity index (χ1) is 9.69. The molecule has 0 aliphatic rings. The van der Waals surface area contributed by atoms with Crippen molar-refractivity contribution >= 4 is 6.01 Å². The van der Waals surface area contributed by atoms with Gasteiger partial charge < -0.3 is 15.1 Å². The smallest absolute Gasteiger partial charge is 0.315 e. The van der Waals surface area contributed by atoms with Crippen LogP contribution in [0.3, 0.4) is 0 Å². The van der Waals surface area contributed by atoms with Gasteiger partial charge in [-0.25, -0.2) is 0 Å². The zero-order valence-corrected chi connectivity index (χ0v) is 12.2. The molecule has 2 aromatic rings. The fourth-order valence-corrected chi connectivity index (χ4v) is 1.80. The maximum absolute atomic E-state index is 5.51. The summed E-state index contributed by atoms with van der Waals surface area (Å²) in [4.78, 5) is 4.37. The number of nitrogens with zero attached hydrogens (tertiary/aromatic N) is 3. The predicted molar refractivity (Wildman–Crippen MR) is 77.2 cm³/mol. The largest absolute Gasteiger partial charge is 0.407 e. The molecule has 2 heterocycles. The van der Waals surface area contributed by atoms with Crippen LogP contribution in [0.5, 0.6) is 0 Å². The van der Waals surface area contributed by atoms with Crippen LogP contribution in [0.15, 0.2) is 22.7 Å². The van der Waals surface area contributed by atoms with E-state index in [-0.39, 0.29) is 0 Å². The molecule has 0 aliphatic heterocycles. The van der Waals surface area contributed by atoms with Crippen molar-refractivity contribution in [2.45, 2.75) is 46.3 Å². The van der Waals surface area contributed by atoms with Gasteiger partial charge in [0.1, 0.15) is 0 Å². The average molecular weight is 275 g/mol. The minimum absolute atomic E-state index is 0.388. The van der Waals surface area contributed by atoms with Crippen LogP contribution < -0.4 is 10.6 Å². The Labute approximate surface area is 119 Å². The summed E-state index contributed by atoms with van der Waals surface area (Å²) in [5, 5.41) is 14.3. The van der Waals surface area contributed by atoms with Gasteiger partial charge in [-0.05, 0) is 18.1 Å². The molecule has 6 heteroatoms. The Bertz CT molecular complexity index is 538. The Hall–Kier alpha value is -1.95. The highest BCUT2D eigenvalue weighted by Gasteiger charge is 2.07. The molecule has 0 amide bonds. The Morgan fingerprint density at radius 3 is 2.85 bits per heavy atom. The molecule has 2 rings (SSSR count). The van der Waals surface area contributed by atoms with Crippen LogP contribution in [0.1, 0.15) is 37.9 Å². The number of hydrogen-bond donors (Lipinski definition) is 2. The van der Waals surface area contributed by atoms with Crippen molar-refractivity contribution in [3.05, 3.63) is 35.5 Å². The Balaban J connectivity index is 1.91. The second-order valence-electron chi connectivity index (χ2n) is 4.85. The van der Waals surface area contributed by atoms with Crippen LogP contribution in [0.25, 0.3) is 0 Å². The minimum Gasteiger partial charge on any atom is -0.407 e. The van der Waals surface area contributed by atoms with E-state index in [4.69, 9.17) is 4.42 Å². The summed E-state index contributed by atoms with van der Waals surface area (Å²) in [5.41, 5.74) is 2.23. The molecule has 0 aromatic carbocycles. The second kappa shape index (κ2) is 7.00. The van der Waals surface area contributed by atoms with Crippen LogP contribution in [-0.4, -0.2) is 21.2 Å². The summed E-state index contributed by atoms with van der Waals surface area (Å²) in [7, 11) is 0. The molecule has 108 valence electrons. The third-order valence-corrected chi connectivity index (χ3v) is 2.90. The topological polar surface area (TPSA) is 75.9 Å². The normalized spacial score (nSPS) is 11.0. The number of rotatable bonds is 7. The fraction of sp³-hybridized carbons (Fsp3) is 0.500. The SMILES string of the molecule is CCc1cccnc1CNc1nnc(CNC(C)C)o1. The van der Waals surface area contributed by atoms with Crippen LogP contribution >= 0.6 is 0 Å². The summed E-state index contributed by atoms with van der Waals surface area (Å²) >= 11 is 0. The van der Waals surface area contributed by atoms with E-state index >= 15 is 0 Å². The van der Waals surface area contributed by atoms with E-state index in [2.05, 4.69) is 52.7 Å². The molecule has 0 unspecified atom stereocenters. The lowest BCUT2D eigenvalue weighted by molar-refractivity contribution is 0.458. The van der Waals surface area contributed by atoms with Crippen molar-refractivity contribution < 1.29 is 4.42 Å². The summed E-state index contributed by atoms with van der Waals surface area (Å²) in [5.74, 6) is 0.581. The zero-order chi connectivity index (χ0) is 14.4.